The summed E-state index contributed by atoms with van der Waals surface area (Å²) in [7, 11) is 4.34. The van der Waals surface area contributed by atoms with Crippen molar-refractivity contribution in [2.24, 2.45) is 5.92 Å². The van der Waals surface area contributed by atoms with Gasteiger partial charge < -0.3 is 4.90 Å². The summed E-state index contributed by atoms with van der Waals surface area (Å²) < 4.78 is 0. The largest absolute Gasteiger partial charge is 0.309 e. The van der Waals surface area contributed by atoms with E-state index >= 15 is 0 Å². The molecule has 0 bridgehead atoms. The van der Waals surface area contributed by atoms with Crippen LogP contribution in [0.3, 0.4) is 0 Å². The molecule has 2 heteroatoms. The van der Waals surface area contributed by atoms with Crippen LogP contribution in [-0.2, 0) is 0 Å². The van der Waals surface area contributed by atoms with Gasteiger partial charge in [0.1, 0.15) is 0 Å². The molecule has 2 nitrogen and oxygen atoms in total. The maximum Gasteiger partial charge on any atom is 0.0193 e. The van der Waals surface area contributed by atoms with Crippen LogP contribution in [0.5, 0.6) is 0 Å². The minimum atomic E-state index is 0.898. The fourth-order valence-corrected chi connectivity index (χ4v) is 2.45. The molecule has 0 amide bonds. The summed E-state index contributed by atoms with van der Waals surface area (Å²) in [5.74, 6) is 0.898. The Kier molecular flexibility index (Phi) is 5.78. The molecule has 1 heterocycles. The van der Waals surface area contributed by atoms with E-state index in [1.807, 2.05) is 6.08 Å². The van der Waals surface area contributed by atoms with E-state index in [4.69, 9.17) is 0 Å². The monoisotopic (exact) mass is 222 g/mol. The van der Waals surface area contributed by atoms with Crippen molar-refractivity contribution in [1.82, 2.24) is 9.80 Å². The quantitative estimate of drug-likeness (QED) is 0.659. The first kappa shape index (κ1) is 13.5. The molecule has 0 spiro atoms. The van der Waals surface area contributed by atoms with E-state index in [9.17, 15) is 0 Å². The van der Waals surface area contributed by atoms with Crippen LogP contribution in [0, 0.1) is 5.92 Å². The Morgan fingerprint density at radius 2 is 2.00 bits per heavy atom. The molecule has 1 rings (SSSR count). The molecular formula is C14H26N2. The van der Waals surface area contributed by atoms with E-state index in [1.165, 1.54) is 38.0 Å². The van der Waals surface area contributed by atoms with Crippen molar-refractivity contribution in [2.45, 2.75) is 19.8 Å². The Labute approximate surface area is 101 Å². The van der Waals surface area contributed by atoms with Gasteiger partial charge in [-0.2, -0.15) is 0 Å². The first-order valence-electron chi connectivity index (χ1n) is 6.27. The molecule has 0 aromatic carbocycles. The van der Waals surface area contributed by atoms with Gasteiger partial charge in [-0.25, -0.2) is 0 Å². The smallest absolute Gasteiger partial charge is 0.0193 e. The van der Waals surface area contributed by atoms with Gasteiger partial charge in [0.05, 0.1) is 0 Å². The Hall–Kier alpha value is -0.600. The topological polar surface area (TPSA) is 6.48 Å². The van der Waals surface area contributed by atoms with Gasteiger partial charge in [-0.3, -0.25) is 4.90 Å². The van der Waals surface area contributed by atoms with E-state index in [0.717, 1.165) is 12.5 Å². The highest BCUT2D eigenvalue weighted by molar-refractivity contribution is 5.09. The number of hydrogen-bond donors (Lipinski definition) is 0. The van der Waals surface area contributed by atoms with E-state index < -0.39 is 0 Å². The lowest BCUT2D eigenvalue weighted by atomic mass is 9.96. The van der Waals surface area contributed by atoms with Crippen LogP contribution in [0.25, 0.3) is 0 Å². The second-order valence-corrected chi connectivity index (χ2v) is 5.23. The lowest BCUT2D eigenvalue weighted by Gasteiger charge is -2.33. The summed E-state index contributed by atoms with van der Waals surface area (Å²) in [6, 6.07) is 0. The number of nitrogens with zero attached hydrogens (tertiary/aromatic N) is 2. The third-order valence-corrected chi connectivity index (χ3v) is 3.21. The van der Waals surface area contributed by atoms with Crippen molar-refractivity contribution < 1.29 is 0 Å². The molecule has 1 aliphatic rings. The second kappa shape index (κ2) is 6.87. The predicted octanol–water partition coefficient (Wildman–Crippen LogP) is 2.39. The molecule has 0 saturated carbocycles. The van der Waals surface area contributed by atoms with Crippen LogP contribution in [0.15, 0.2) is 24.3 Å². The van der Waals surface area contributed by atoms with Gasteiger partial charge in [0.15, 0.2) is 0 Å². The molecule has 0 radical (unpaired) electrons. The minimum Gasteiger partial charge on any atom is -0.309 e. The normalized spacial score (nSPS) is 20.4. The Bertz CT molecular complexity index is 235. The van der Waals surface area contributed by atoms with Gasteiger partial charge in [-0.1, -0.05) is 24.3 Å². The van der Waals surface area contributed by atoms with Crippen molar-refractivity contribution in [3.63, 3.8) is 0 Å². The van der Waals surface area contributed by atoms with E-state index in [0.29, 0.717) is 0 Å². The number of likely N-dealkylation sites (tertiary alicyclic amines) is 1. The van der Waals surface area contributed by atoms with Crippen molar-refractivity contribution in [3.8, 4) is 0 Å². The van der Waals surface area contributed by atoms with Crippen LogP contribution in [0.4, 0.5) is 0 Å². The zero-order chi connectivity index (χ0) is 12.0. The van der Waals surface area contributed by atoms with Crippen LogP contribution < -0.4 is 0 Å². The van der Waals surface area contributed by atoms with Gasteiger partial charge in [0.2, 0.25) is 0 Å². The molecule has 16 heavy (non-hydrogen) atoms. The first-order chi connectivity index (χ1) is 7.61. The highest BCUT2D eigenvalue weighted by Crippen LogP contribution is 2.18. The minimum absolute atomic E-state index is 0.898. The summed E-state index contributed by atoms with van der Waals surface area (Å²) >= 11 is 0. The SMILES string of the molecule is C=C/C=C(\C)CN1CCC(CN(C)C)CC1. The number of piperidine rings is 1. The summed E-state index contributed by atoms with van der Waals surface area (Å²) in [4.78, 5) is 4.87. The van der Waals surface area contributed by atoms with Crippen molar-refractivity contribution in [1.29, 1.82) is 0 Å². The molecule has 0 aromatic heterocycles. The Morgan fingerprint density at radius 3 is 2.50 bits per heavy atom. The lowest BCUT2D eigenvalue weighted by Crippen LogP contribution is -2.37. The maximum absolute atomic E-state index is 3.74. The van der Waals surface area contributed by atoms with Gasteiger partial charge in [-0.15, -0.1) is 0 Å². The molecule has 1 aliphatic heterocycles. The molecule has 0 aromatic rings. The highest BCUT2D eigenvalue weighted by Gasteiger charge is 2.19. The molecule has 92 valence electrons. The summed E-state index contributed by atoms with van der Waals surface area (Å²) in [5.41, 5.74) is 1.42. The van der Waals surface area contributed by atoms with E-state index in [2.05, 4.69) is 43.5 Å². The molecule has 1 saturated heterocycles. The van der Waals surface area contributed by atoms with Crippen LogP contribution in [0.1, 0.15) is 19.8 Å². The van der Waals surface area contributed by atoms with Crippen molar-refractivity contribution >= 4 is 0 Å². The molecule has 0 aliphatic carbocycles. The predicted molar refractivity (Wildman–Crippen MR) is 71.7 cm³/mol. The summed E-state index contributed by atoms with van der Waals surface area (Å²) in [5, 5.41) is 0. The average molecular weight is 222 g/mol. The average Bonchev–Trinajstić information content (AvgIpc) is 2.20. The van der Waals surface area contributed by atoms with Gasteiger partial charge in [-0.05, 0) is 52.9 Å². The molecule has 1 fully saturated rings. The summed E-state index contributed by atoms with van der Waals surface area (Å²) in [6.45, 7) is 10.8. The lowest BCUT2D eigenvalue weighted by molar-refractivity contribution is 0.172. The number of hydrogen-bond acceptors (Lipinski definition) is 2. The number of rotatable bonds is 5. The van der Waals surface area contributed by atoms with E-state index in [1.54, 1.807) is 0 Å². The van der Waals surface area contributed by atoms with Crippen LogP contribution in [0.2, 0.25) is 0 Å². The first-order valence-corrected chi connectivity index (χ1v) is 6.27. The van der Waals surface area contributed by atoms with Crippen molar-refractivity contribution in [3.05, 3.63) is 24.3 Å². The Balaban J connectivity index is 2.26. The third kappa shape index (κ3) is 4.95. The standard InChI is InChI=1S/C14H26N2/c1-5-6-13(2)11-16-9-7-14(8-10-16)12-15(3)4/h5-6,14H,1,7-12H2,2-4H3/b13-6+. The second-order valence-electron chi connectivity index (χ2n) is 5.23. The number of allylic oxidation sites excluding steroid dienone is 2. The van der Waals surface area contributed by atoms with Crippen molar-refractivity contribution in [2.75, 3.05) is 40.3 Å². The maximum atomic E-state index is 3.74. The molecule has 0 atom stereocenters. The zero-order valence-electron chi connectivity index (χ0n) is 11.1. The molecule has 0 unspecified atom stereocenters. The molecular weight excluding hydrogens is 196 g/mol. The zero-order valence-corrected chi connectivity index (χ0v) is 11.1. The third-order valence-electron chi connectivity index (χ3n) is 3.21. The molecule has 0 N–H and O–H groups in total. The fraction of sp³-hybridized carbons (Fsp3) is 0.714. The fourth-order valence-electron chi connectivity index (χ4n) is 2.45. The van der Waals surface area contributed by atoms with Gasteiger partial charge >= 0.3 is 0 Å². The van der Waals surface area contributed by atoms with Gasteiger partial charge in [0.25, 0.3) is 0 Å². The van der Waals surface area contributed by atoms with E-state index in [-0.39, 0.29) is 0 Å². The highest BCUT2D eigenvalue weighted by atomic mass is 15.1. The van der Waals surface area contributed by atoms with Gasteiger partial charge in [0, 0.05) is 13.1 Å². The Morgan fingerprint density at radius 1 is 1.38 bits per heavy atom. The summed E-state index contributed by atoms with van der Waals surface area (Å²) in [6.07, 6.45) is 6.69. The van der Waals surface area contributed by atoms with Crippen LogP contribution in [-0.4, -0.2) is 50.1 Å². The van der Waals surface area contributed by atoms with Crippen LogP contribution >= 0.6 is 0 Å².